The highest BCUT2D eigenvalue weighted by Crippen LogP contribution is 2.27. The monoisotopic (exact) mass is 287 g/mol. The molecule has 0 unspecified atom stereocenters. The molecule has 2 aromatic rings. The second kappa shape index (κ2) is 5.84. The van der Waals surface area contributed by atoms with Crippen LogP contribution in [-0.2, 0) is 6.42 Å². The number of hydrogen-bond acceptors (Lipinski definition) is 6. The first-order chi connectivity index (χ1) is 9.97. The van der Waals surface area contributed by atoms with Crippen molar-refractivity contribution >= 4 is 11.5 Å². The van der Waals surface area contributed by atoms with E-state index in [4.69, 9.17) is 5.84 Å². The number of nitrogens with two attached hydrogens (primary N) is 1. The Morgan fingerprint density at radius 1 is 1.33 bits per heavy atom. The van der Waals surface area contributed by atoms with Crippen molar-refractivity contribution in [1.82, 2.24) is 9.97 Å². The Morgan fingerprint density at radius 2 is 2.05 bits per heavy atom. The van der Waals surface area contributed by atoms with E-state index >= 15 is 0 Å². The third-order valence-corrected chi connectivity index (χ3v) is 3.39. The van der Waals surface area contributed by atoms with Gasteiger partial charge in [0.15, 0.2) is 5.82 Å². The van der Waals surface area contributed by atoms with Crippen LogP contribution in [0.5, 0.6) is 0 Å². The number of nitro groups is 1. The summed E-state index contributed by atoms with van der Waals surface area (Å²) >= 11 is 0. The number of nitrogens with zero attached hydrogens (tertiary/aromatic N) is 3. The lowest BCUT2D eigenvalue weighted by Gasteiger charge is -2.12. The number of nitrogen functional groups attached to an aromatic ring is 1. The molecule has 0 bridgehead atoms. The minimum atomic E-state index is -0.431. The number of benzene rings is 1. The third-order valence-electron chi connectivity index (χ3n) is 3.39. The van der Waals surface area contributed by atoms with Crippen molar-refractivity contribution in [2.75, 3.05) is 5.43 Å². The van der Waals surface area contributed by atoms with Crippen LogP contribution < -0.4 is 11.3 Å². The smallest absolute Gasteiger partial charge is 0.270 e. The van der Waals surface area contributed by atoms with Crippen LogP contribution in [0.1, 0.15) is 23.7 Å². The fraction of sp³-hybridized carbons (Fsp3) is 0.286. The summed E-state index contributed by atoms with van der Waals surface area (Å²) in [6.45, 7) is 5.74. The zero-order valence-corrected chi connectivity index (χ0v) is 12.2. The van der Waals surface area contributed by atoms with Gasteiger partial charge in [-0.3, -0.25) is 10.1 Å². The molecule has 0 spiro atoms. The molecule has 0 saturated carbocycles. The lowest BCUT2D eigenvalue weighted by Crippen LogP contribution is -2.13. The Hall–Kier alpha value is -2.54. The Labute approximate surface area is 122 Å². The van der Waals surface area contributed by atoms with Crippen molar-refractivity contribution in [3.05, 3.63) is 45.1 Å². The molecule has 0 aliphatic carbocycles. The van der Waals surface area contributed by atoms with E-state index in [0.29, 0.717) is 17.2 Å². The molecule has 0 fully saturated rings. The summed E-state index contributed by atoms with van der Waals surface area (Å²) in [5.74, 6) is 6.46. The van der Waals surface area contributed by atoms with E-state index in [0.717, 1.165) is 23.2 Å². The Kier molecular flexibility index (Phi) is 4.13. The number of hydrazine groups is 1. The van der Waals surface area contributed by atoms with E-state index in [9.17, 15) is 10.1 Å². The first kappa shape index (κ1) is 14.9. The number of aromatic nitrogens is 2. The van der Waals surface area contributed by atoms with Crippen molar-refractivity contribution in [3.8, 4) is 11.4 Å². The largest absolute Gasteiger partial charge is 0.308 e. The molecule has 7 heteroatoms. The summed E-state index contributed by atoms with van der Waals surface area (Å²) in [6, 6.07) is 4.65. The van der Waals surface area contributed by atoms with Gasteiger partial charge in [-0.05, 0) is 25.8 Å². The van der Waals surface area contributed by atoms with Crippen molar-refractivity contribution in [3.63, 3.8) is 0 Å². The van der Waals surface area contributed by atoms with Gasteiger partial charge in [0.2, 0.25) is 0 Å². The summed E-state index contributed by atoms with van der Waals surface area (Å²) in [5.41, 5.74) is 5.81. The molecule has 0 radical (unpaired) electrons. The highest BCUT2D eigenvalue weighted by atomic mass is 16.6. The minimum absolute atomic E-state index is 0.0140. The zero-order valence-electron chi connectivity index (χ0n) is 12.2. The number of nitrogens with one attached hydrogen (secondary N) is 1. The number of nitro benzene ring substituents is 1. The minimum Gasteiger partial charge on any atom is -0.308 e. The van der Waals surface area contributed by atoms with Crippen LogP contribution in [0.25, 0.3) is 11.4 Å². The molecule has 3 N–H and O–H groups in total. The molecule has 0 amide bonds. The van der Waals surface area contributed by atoms with E-state index in [2.05, 4.69) is 15.4 Å². The van der Waals surface area contributed by atoms with Gasteiger partial charge >= 0.3 is 0 Å². The molecule has 2 rings (SSSR count). The molecule has 0 saturated heterocycles. The summed E-state index contributed by atoms with van der Waals surface area (Å²) in [4.78, 5) is 19.4. The van der Waals surface area contributed by atoms with Crippen LogP contribution in [0, 0.1) is 24.0 Å². The van der Waals surface area contributed by atoms with E-state index in [-0.39, 0.29) is 5.69 Å². The second-order valence-corrected chi connectivity index (χ2v) is 4.72. The highest BCUT2D eigenvalue weighted by Gasteiger charge is 2.15. The zero-order chi connectivity index (χ0) is 15.6. The highest BCUT2D eigenvalue weighted by molar-refractivity contribution is 5.66. The van der Waals surface area contributed by atoms with Crippen LogP contribution in [0.4, 0.5) is 11.5 Å². The van der Waals surface area contributed by atoms with Gasteiger partial charge in [-0.25, -0.2) is 15.8 Å². The van der Waals surface area contributed by atoms with Crippen molar-refractivity contribution in [2.45, 2.75) is 27.2 Å². The topological polar surface area (TPSA) is 107 Å². The Balaban J connectivity index is 2.66. The summed E-state index contributed by atoms with van der Waals surface area (Å²) in [5, 5.41) is 10.9. The van der Waals surface area contributed by atoms with Crippen molar-refractivity contribution in [2.24, 2.45) is 5.84 Å². The van der Waals surface area contributed by atoms with Crippen LogP contribution in [0.2, 0.25) is 0 Å². The van der Waals surface area contributed by atoms with Crippen LogP contribution in [-0.4, -0.2) is 14.9 Å². The van der Waals surface area contributed by atoms with Crippen molar-refractivity contribution in [1.29, 1.82) is 0 Å². The van der Waals surface area contributed by atoms with E-state index in [1.54, 1.807) is 6.07 Å². The van der Waals surface area contributed by atoms with E-state index in [1.807, 2.05) is 20.8 Å². The molecular weight excluding hydrogens is 270 g/mol. The molecule has 1 heterocycles. The molecule has 7 nitrogen and oxygen atoms in total. The van der Waals surface area contributed by atoms with Gasteiger partial charge in [-0.1, -0.05) is 13.0 Å². The Bertz CT molecular complexity index is 675. The lowest BCUT2D eigenvalue weighted by atomic mass is 10.1. The standard InChI is InChI=1S/C14H17N5O2/c1-4-12-9(3)13(18-15)17-14(16-12)11-7-10(19(20)21)6-5-8(11)2/h5-7H,4,15H2,1-3H3,(H,16,17,18). The Morgan fingerprint density at radius 3 is 2.62 bits per heavy atom. The maximum atomic E-state index is 10.9. The van der Waals surface area contributed by atoms with Gasteiger partial charge in [-0.15, -0.1) is 0 Å². The van der Waals surface area contributed by atoms with Gasteiger partial charge in [0, 0.05) is 29.0 Å². The molecule has 110 valence electrons. The molecule has 0 aliphatic rings. The molecular formula is C14H17N5O2. The van der Waals surface area contributed by atoms with E-state index < -0.39 is 4.92 Å². The fourth-order valence-corrected chi connectivity index (χ4v) is 2.13. The van der Waals surface area contributed by atoms with Crippen LogP contribution in [0.3, 0.4) is 0 Å². The quantitative estimate of drug-likeness (QED) is 0.508. The summed E-state index contributed by atoms with van der Waals surface area (Å²) in [7, 11) is 0. The summed E-state index contributed by atoms with van der Waals surface area (Å²) in [6.07, 6.45) is 0.726. The van der Waals surface area contributed by atoms with Crippen LogP contribution >= 0.6 is 0 Å². The third kappa shape index (κ3) is 2.82. The number of hydrogen-bond donors (Lipinski definition) is 2. The van der Waals surface area contributed by atoms with E-state index in [1.165, 1.54) is 12.1 Å². The number of anilines is 1. The summed E-state index contributed by atoms with van der Waals surface area (Å²) < 4.78 is 0. The van der Waals surface area contributed by atoms with Crippen LogP contribution in [0.15, 0.2) is 18.2 Å². The van der Waals surface area contributed by atoms with Crippen molar-refractivity contribution < 1.29 is 4.92 Å². The number of aryl methyl sites for hydroxylation is 2. The molecule has 21 heavy (non-hydrogen) atoms. The second-order valence-electron chi connectivity index (χ2n) is 4.72. The fourth-order valence-electron chi connectivity index (χ4n) is 2.13. The van der Waals surface area contributed by atoms with Gasteiger partial charge in [0.1, 0.15) is 5.82 Å². The first-order valence-electron chi connectivity index (χ1n) is 6.57. The predicted molar refractivity (Wildman–Crippen MR) is 80.8 cm³/mol. The van der Waals surface area contributed by atoms with Gasteiger partial charge in [-0.2, -0.15) is 0 Å². The average molecular weight is 287 g/mol. The van der Waals surface area contributed by atoms with Gasteiger partial charge in [0.05, 0.1) is 4.92 Å². The maximum Gasteiger partial charge on any atom is 0.270 e. The maximum absolute atomic E-state index is 10.9. The molecule has 1 aromatic carbocycles. The average Bonchev–Trinajstić information content (AvgIpc) is 2.48. The molecule has 0 atom stereocenters. The normalized spacial score (nSPS) is 10.5. The van der Waals surface area contributed by atoms with Gasteiger partial charge in [0.25, 0.3) is 5.69 Å². The number of rotatable bonds is 4. The molecule has 0 aliphatic heterocycles. The lowest BCUT2D eigenvalue weighted by molar-refractivity contribution is -0.384. The number of non-ortho nitro benzene ring substituents is 1. The molecule has 1 aromatic heterocycles. The predicted octanol–water partition coefficient (Wildman–Crippen LogP) is 2.52. The SMILES string of the molecule is CCc1nc(-c2cc([N+](=O)[O-])ccc2C)nc(NN)c1C. The van der Waals surface area contributed by atoms with Gasteiger partial charge < -0.3 is 5.43 Å². The first-order valence-corrected chi connectivity index (χ1v) is 6.57.